The van der Waals surface area contributed by atoms with Gasteiger partial charge in [0.15, 0.2) is 0 Å². The maximum Gasteiger partial charge on any atom is 0.340 e. The lowest BCUT2D eigenvalue weighted by atomic mass is 9.97. The number of carbonyl (C=O) groups excluding carboxylic acids is 1. The number of anilines is 1. The molecule has 0 aliphatic rings. The van der Waals surface area contributed by atoms with Gasteiger partial charge in [0.25, 0.3) is 0 Å². The van der Waals surface area contributed by atoms with E-state index in [1.807, 2.05) is 43.3 Å². The van der Waals surface area contributed by atoms with Crippen LogP contribution in [0.5, 0.6) is 0 Å². The zero-order chi connectivity index (χ0) is 13.8. The van der Waals surface area contributed by atoms with Crippen LogP contribution in [-0.2, 0) is 4.74 Å². The predicted molar refractivity (Wildman–Crippen MR) is 77.0 cm³/mol. The van der Waals surface area contributed by atoms with Crippen LogP contribution in [0.2, 0.25) is 0 Å². The van der Waals surface area contributed by atoms with Crippen molar-refractivity contribution in [3.63, 3.8) is 0 Å². The highest BCUT2D eigenvalue weighted by atomic mass is 16.5. The molecule has 2 N–H and O–H groups in total. The fourth-order valence-electron chi connectivity index (χ4n) is 2.04. The fraction of sp³-hybridized carbons (Fsp3) is 0.188. The maximum absolute atomic E-state index is 11.9. The number of carbonyl (C=O) groups is 1. The number of hydrogen-bond acceptors (Lipinski definition) is 3. The second-order valence-electron chi connectivity index (χ2n) is 4.34. The molecule has 0 spiro atoms. The number of ether oxygens (including phenoxy) is 1. The van der Waals surface area contributed by atoms with E-state index in [9.17, 15) is 4.79 Å². The van der Waals surface area contributed by atoms with Gasteiger partial charge in [-0.2, -0.15) is 0 Å². The van der Waals surface area contributed by atoms with Crippen LogP contribution in [-0.4, -0.2) is 12.6 Å². The average Bonchev–Trinajstić information content (AvgIpc) is 2.40. The number of aryl methyl sites for hydroxylation is 1. The zero-order valence-corrected chi connectivity index (χ0v) is 11.1. The van der Waals surface area contributed by atoms with Crippen molar-refractivity contribution in [2.24, 2.45) is 0 Å². The molecule has 0 aromatic heterocycles. The number of nitrogens with two attached hydrogens (primary N) is 1. The first-order valence-corrected chi connectivity index (χ1v) is 6.26. The van der Waals surface area contributed by atoms with Crippen LogP contribution in [0, 0.1) is 6.92 Å². The number of hydrogen-bond donors (Lipinski definition) is 1. The van der Waals surface area contributed by atoms with Crippen molar-refractivity contribution >= 4 is 11.7 Å². The molecule has 0 aliphatic heterocycles. The molecular formula is C16H17NO2. The Morgan fingerprint density at radius 2 is 1.89 bits per heavy atom. The Bertz CT molecular complexity index is 591. The molecule has 2 rings (SSSR count). The summed E-state index contributed by atoms with van der Waals surface area (Å²) < 4.78 is 5.02. The van der Waals surface area contributed by atoms with Gasteiger partial charge < -0.3 is 10.5 Å². The number of esters is 1. The van der Waals surface area contributed by atoms with Gasteiger partial charge in [-0.3, -0.25) is 0 Å². The summed E-state index contributed by atoms with van der Waals surface area (Å²) in [6.45, 7) is 4.10. The SMILES string of the molecule is CCOC(=O)c1cc(-c2ccccc2)c(C)cc1N. The Labute approximate surface area is 113 Å². The third-order valence-corrected chi connectivity index (χ3v) is 2.98. The van der Waals surface area contributed by atoms with Crippen molar-refractivity contribution < 1.29 is 9.53 Å². The molecule has 0 amide bonds. The van der Waals surface area contributed by atoms with E-state index in [0.717, 1.165) is 16.7 Å². The first-order chi connectivity index (χ1) is 9.13. The predicted octanol–water partition coefficient (Wildman–Crippen LogP) is 3.42. The van der Waals surface area contributed by atoms with Gasteiger partial charge in [-0.1, -0.05) is 30.3 Å². The van der Waals surface area contributed by atoms with Gasteiger partial charge in [-0.25, -0.2) is 4.79 Å². The topological polar surface area (TPSA) is 52.3 Å². The van der Waals surface area contributed by atoms with Crippen LogP contribution >= 0.6 is 0 Å². The smallest absolute Gasteiger partial charge is 0.340 e. The standard InChI is InChI=1S/C16H17NO2/c1-3-19-16(18)14-10-13(11(2)9-15(14)17)12-7-5-4-6-8-12/h4-10H,3,17H2,1-2H3. The Morgan fingerprint density at radius 3 is 2.53 bits per heavy atom. The molecule has 3 heteroatoms. The van der Waals surface area contributed by atoms with E-state index >= 15 is 0 Å². The van der Waals surface area contributed by atoms with Crippen LogP contribution < -0.4 is 5.73 Å². The molecule has 2 aromatic carbocycles. The Morgan fingerprint density at radius 1 is 1.21 bits per heavy atom. The number of benzene rings is 2. The highest BCUT2D eigenvalue weighted by molar-refractivity contribution is 5.97. The highest BCUT2D eigenvalue weighted by Gasteiger charge is 2.14. The summed E-state index contributed by atoms with van der Waals surface area (Å²) in [6, 6.07) is 13.5. The molecule has 98 valence electrons. The molecule has 0 bridgehead atoms. The van der Waals surface area contributed by atoms with Gasteiger partial charge in [-0.15, -0.1) is 0 Å². The molecule has 3 nitrogen and oxygen atoms in total. The molecule has 0 fully saturated rings. The number of rotatable bonds is 3. The van der Waals surface area contributed by atoms with Gasteiger partial charge in [0.2, 0.25) is 0 Å². The molecule has 0 unspecified atom stereocenters. The van der Waals surface area contributed by atoms with Crippen LogP contribution in [0.4, 0.5) is 5.69 Å². The van der Waals surface area contributed by atoms with Gasteiger partial charge in [-0.05, 0) is 42.7 Å². The summed E-state index contributed by atoms with van der Waals surface area (Å²) in [5.74, 6) is -0.378. The summed E-state index contributed by atoms with van der Waals surface area (Å²) in [7, 11) is 0. The third-order valence-electron chi connectivity index (χ3n) is 2.98. The third kappa shape index (κ3) is 2.76. The van der Waals surface area contributed by atoms with E-state index in [2.05, 4.69) is 0 Å². The van der Waals surface area contributed by atoms with Crippen LogP contribution in [0.15, 0.2) is 42.5 Å². The van der Waals surface area contributed by atoms with Crippen LogP contribution in [0.25, 0.3) is 11.1 Å². The lowest BCUT2D eigenvalue weighted by Gasteiger charge is -2.11. The minimum atomic E-state index is -0.378. The zero-order valence-electron chi connectivity index (χ0n) is 11.1. The fourth-order valence-corrected chi connectivity index (χ4v) is 2.04. The monoisotopic (exact) mass is 255 g/mol. The Kier molecular flexibility index (Phi) is 3.85. The molecule has 0 radical (unpaired) electrons. The lowest BCUT2D eigenvalue weighted by molar-refractivity contribution is 0.0527. The molecule has 0 atom stereocenters. The van der Waals surface area contributed by atoms with Crippen molar-refractivity contribution in [3.05, 3.63) is 53.6 Å². The lowest BCUT2D eigenvalue weighted by Crippen LogP contribution is -2.08. The van der Waals surface area contributed by atoms with Crippen molar-refractivity contribution in [1.82, 2.24) is 0 Å². The second-order valence-corrected chi connectivity index (χ2v) is 4.34. The number of nitrogen functional groups attached to an aromatic ring is 1. The molecule has 19 heavy (non-hydrogen) atoms. The van der Waals surface area contributed by atoms with E-state index in [1.54, 1.807) is 13.0 Å². The summed E-state index contributed by atoms with van der Waals surface area (Å²) in [6.07, 6.45) is 0. The normalized spacial score (nSPS) is 10.2. The second kappa shape index (κ2) is 5.57. The first-order valence-electron chi connectivity index (χ1n) is 6.26. The molecule has 0 heterocycles. The van der Waals surface area contributed by atoms with E-state index in [4.69, 9.17) is 10.5 Å². The van der Waals surface area contributed by atoms with Gasteiger partial charge in [0, 0.05) is 5.69 Å². The summed E-state index contributed by atoms with van der Waals surface area (Å²) in [5, 5.41) is 0. The molecule has 0 saturated carbocycles. The van der Waals surface area contributed by atoms with Gasteiger partial charge >= 0.3 is 5.97 Å². The molecule has 0 saturated heterocycles. The highest BCUT2D eigenvalue weighted by Crippen LogP contribution is 2.28. The maximum atomic E-state index is 11.9. The van der Waals surface area contributed by atoms with E-state index in [1.165, 1.54) is 0 Å². The van der Waals surface area contributed by atoms with Crippen LogP contribution in [0.3, 0.4) is 0 Å². The largest absolute Gasteiger partial charge is 0.462 e. The first kappa shape index (κ1) is 13.1. The minimum absolute atomic E-state index is 0.340. The average molecular weight is 255 g/mol. The van der Waals surface area contributed by atoms with Gasteiger partial charge in [0.1, 0.15) is 0 Å². The van der Waals surface area contributed by atoms with E-state index in [-0.39, 0.29) is 5.97 Å². The molecule has 0 aliphatic carbocycles. The Hall–Kier alpha value is -2.29. The summed E-state index contributed by atoms with van der Waals surface area (Å²) >= 11 is 0. The quantitative estimate of drug-likeness (QED) is 0.675. The van der Waals surface area contributed by atoms with E-state index < -0.39 is 0 Å². The molecule has 2 aromatic rings. The summed E-state index contributed by atoms with van der Waals surface area (Å²) in [5.41, 5.74) is 9.87. The van der Waals surface area contributed by atoms with Crippen molar-refractivity contribution in [2.45, 2.75) is 13.8 Å². The summed E-state index contributed by atoms with van der Waals surface area (Å²) in [4.78, 5) is 11.9. The Balaban J connectivity index is 2.51. The molecular weight excluding hydrogens is 238 g/mol. The van der Waals surface area contributed by atoms with Crippen molar-refractivity contribution in [1.29, 1.82) is 0 Å². The van der Waals surface area contributed by atoms with Crippen molar-refractivity contribution in [3.8, 4) is 11.1 Å². The minimum Gasteiger partial charge on any atom is -0.462 e. The van der Waals surface area contributed by atoms with Gasteiger partial charge in [0.05, 0.1) is 12.2 Å². The van der Waals surface area contributed by atoms with Crippen molar-refractivity contribution in [2.75, 3.05) is 12.3 Å². The van der Waals surface area contributed by atoms with Crippen LogP contribution in [0.1, 0.15) is 22.8 Å². The van der Waals surface area contributed by atoms with E-state index in [0.29, 0.717) is 17.9 Å².